The Bertz CT molecular complexity index is 1630. The second kappa shape index (κ2) is 9.23. The lowest BCUT2D eigenvalue weighted by atomic mass is 9.61. The van der Waals surface area contributed by atoms with Gasteiger partial charge in [0.15, 0.2) is 0 Å². The molecule has 0 spiro atoms. The molecule has 13 heteroatoms. The van der Waals surface area contributed by atoms with Crippen LogP contribution in [-0.4, -0.2) is 60.4 Å². The normalized spacial score (nSPS) is 21.0. The van der Waals surface area contributed by atoms with Crippen LogP contribution in [-0.2, 0) is 29.9 Å². The molecule has 0 bridgehead atoms. The third kappa shape index (κ3) is 4.50. The Balaban J connectivity index is 1.44. The maximum absolute atomic E-state index is 14.2. The van der Waals surface area contributed by atoms with E-state index in [1.165, 1.54) is 12.5 Å². The smallest absolute Gasteiger partial charge is 0.376 e. The highest BCUT2D eigenvalue weighted by molar-refractivity contribution is 5.58. The van der Waals surface area contributed by atoms with E-state index in [4.69, 9.17) is 4.74 Å². The first-order chi connectivity index (χ1) is 18.9. The number of ether oxygens (including phenoxy) is 1. The van der Waals surface area contributed by atoms with Gasteiger partial charge in [-0.15, -0.1) is 10.2 Å². The molecule has 4 aromatic rings. The number of benzene rings is 1. The van der Waals surface area contributed by atoms with Crippen molar-refractivity contribution >= 4 is 5.52 Å². The summed E-state index contributed by atoms with van der Waals surface area (Å²) in [7, 11) is 1.66. The van der Waals surface area contributed by atoms with Gasteiger partial charge >= 0.3 is 11.9 Å². The molecule has 4 heterocycles. The van der Waals surface area contributed by atoms with Crippen LogP contribution in [0, 0.1) is 0 Å². The number of rotatable bonds is 5. The first-order valence-corrected chi connectivity index (χ1v) is 12.9. The fourth-order valence-electron chi connectivity index (χ4n) is 6.03. The van der Waals surface area contributed by atoms with Gasteiger partial charge in [-0.1, -0.05) is 12.1 Å². The number of hydrogen-bond acceptors (Lipinski definition) is 5. The van der Waals surface area contributed by atoms with Crippen molar-refractivity contribution < 1.29 is 26.7 Å². The van der Waals surface area contributed by atoms with Crippen molar-refractivity contribution in [2.45, 2.75) is 49.9 Å². The molecule has 212 valence electrons. The molecule has 0 radical (unpaired) electrons. The lowest BCUT2D eigenvalue weighted by Crippen LogP contribution is -2.51. The summed E-state index contributed by atoms with van der Waals surface area (Å²) in [5.41, 5.74) is -1.96. The zero-order valence-corrected chi connectivity index (χ0v) is 21.8. The molecule has 1 saturated carbocycles. The van der Waals surface area contributed by atoms with Crippen LogP contribution in [0.25, 0.3) is 11.2 Å². The minimum Gasteiger partial charge on any atom is -0.376 e. The van der Waals surface area contributed by atoms with E-state index in [0.29, 0.717) is 36.6 Å². The van der Waals surface area contributed by atoms with Gasteiger partial charge in [-0.25, -0.2) is 13.6 Å². The molecule has 40 heavy (non-hydrogen) atoms. The van der Waals surface area contributed by atoms with E-state index in [2.05, 4.69) is 10.2 Å². The van der Waals surface area contributed by atoms with Gasteiger partial charge in [0.05, 0.1) is 34.9 Å². The van der Waals surface area contributed by atoms with Crippen molar-refractivity contribution in [2.24, 2.45) is 7.05 Å². The maximum Gasteiger partial charge on any atom is 0.418 e. The molecular weight excluding hydrogens is 535 g/mol. The number of aryl methyl sites for hydroxylation is 1. The zero-order chi connectivity index (χ0) is 28.4. The molecule has 0 unspecified atom stereocenters. The van der Waals surface area contributed by atoms with Gasteiger partial charge in [0.2, 0.25) is 0 Å². The molecule has 8 nitrogen and oxygen atoms in total. The standard InChI is InChI=1S/C27H27F5N6O2/c1-17-10-36(6-7-40-17)11-18-8-21(27(30,31)32)22-13-37(24(39)38(22)12-18)20-5-3-4-19(9-20)25(14-26(28,29)15-25)23-34-33-16-35(23)2/h3-5,8-9,12-13,16-17H,6-7,10-11,14-15H2,1-2H3/t17-/m1/s1. The summed E-state index contributed by atoms with van der Waals surface area (Å²) in [6, 6.07) is 7.47. The van der Waals surface area contributed by atoms with E-state index in [1.54, 1.807) is 35.9 Å². The fraction of sp³-hybridized carbons (Fsp3) is 0.444. The second-order valence-corrected chi connectivity index (χ2v) is 10.8. The Labute approximate surface area is 225 Å². The number of pyridine rings is 1. The van der Waals surface area contributed by atoms with Crippen LogP contribution in [0.2, 0.25) is 0 Å². The molecule has 1 saturated heterocycles. The van der Waals surface area contributed by atoms with Gasteiger partial charge in [0.25, 0.3) is 5.92 Å². The monoisotopic (exact) mass is 562 g/mol. The number of hydrogen-bond donors (Lipinski definition) is 0. The van der Waals surface area contributed by atoms with Crippen molar-refractivity contribution in [3.8, 4) is 5.69 Å². The first kappa shape index (κ1) is 26.6. The fourth-order valence-corrected chi connectivity index (χ4v) is 6.03. The van der Waals surface area contributed by atoms with Crippen molar-refractivity contribution in [1.82, 2.24) is 28.6 Å². The van der Waals surface area contributed by atoms with Crippen molar-refractivity contribution in [1.29, 1.82) is 0 Å². The molecule has 1 aliphatic heterocycles. The number of aromatic nitrogens is 5. The Morgan fingerprint density at radius 1 is 1.15 bits per heavy atom. The predicted molar refractivity (Wildman–Crippen MR) is 135 cm³/mol. The highest BCUT2D eigenvalue weighted by atomic mass is 19.4. The van der Waals surface area contributed by atoms with Crippen LogP contribution in [0.4, 0.5) is 22.0 Å². The molecule has 2 aliphatic rings. The number of imidazole rings is 1. The van der Waals surface area contributed by atoms with Gasteiger partial charge in [-0.3, -0.25) is 13.9 Å². The number of nitrogens with zero attached hydrogens (tertiary/aromatic N) is 6. The summed E-state index contributed by atoms with van der Waals surface area (Å²) in [6.45, 7) is 3.74. The third-order valence-corrected chi connectivity index (χ3v) is 7.80. The summed E-state index contributed by atoms with van der Waals surface area (Å²) in [6.07, 6.45) is -1.73. The molecule has 1 aromatic carbocycles. The Kier molecular flexibility index (Phi) is 6.15. The van der Waals surface area contributed by atoms with Gasteiger partial charge in [-0.05, 0) is 36.2 Å². The quantitative estimate of drug-likeness (QED) is 0.342. The first-order valence-electron chi connectivity index (χ1n) is 12.9. The number of alkyl halides is 5. The molecule has 6 rings (SSSR count). The molecule has 1 aliphatic carbocycles. The zero-order valence-electron chi connectivity index (χ0n) is 21.8. The molecule has 2 fully saturated rings. The van der Waals surface area contributed by atoms with Gasteiger partial charge in [0.1, 0.15) is 12.2 Å². The highest BCUT2D eigenvalue weighted by Crippen LogP contribution is 2.56. The SMILES string of the molecule is C[C@@H]1CN(Cc2cc(C(F)(F)F)c3cn(-c4cccc(C5(c6nncn6C)CC(F)(F)C5)c4)c(=O)n3c2)CCO1. The van der Waals surface area contributed by atoms with Crippen LogP contribution in [0.1, 0.15) is 42.3 Å². The lowest BCUT2D eigenvalue weighted by Gasteiger charge is -2.46. The van der Waals surface area contributed by atoms with E-state index in [9.17, 15) is 26.7 Å². The summed E-state index contributed by atoms with van der Waals surface area (Å²) in [4.78, 5) is 15.5. The lowest BCUT2D eigenvalue weighted by molar-refractivity contribution is -0.136. The van der Waals surface area contributed by atoms with E-state index in [-0.39, 0.29) is 23.9 Å². The summed E-state index contributed by atoms with van der Waals surface area (Å²) < 4.78 is 80.2. The number of fused-ring (bicyclic) bond motifs is 1. The van der Waals surface area contributed by atoms with Crippen LogP contribution in [0.5, 0.6) is 0 Å². The highest BCUT2D eigenvalue weighted by Gasteiger charge is 2.60. The minimum absolute atomic E-state index is 0.0453. The Hall–Kier alpha value is -3.58. The van der Waals surface area contributed by atoms with Crippen molar-refractivity contribution in [2.75, 3.05) is 19.7 Å². The average Bonchev–Trinajstić information content (AvgIpc) is 3.44. The van der Waals surface area contributed by atoms with Crippen LogP contribution in [0.15, 0.2) is 53.8 Å². The average molecular weight is 563 g/mol. The van der Waals surface area contributed by atoms with E-state index in [0.717, 1.165) is 21.2 Å². The van der Waals surface area contributed by atoms with Crippen LogP contribution < -0.4 is 5.69 Å². The van der Waals surface area contributed by atoms with E-state index >= 15 is 0 Å². The van der Waals surface area contributed by atoms with Gasteiger partial charge in [-0.2, -0.15) is 13.2 Å². The van der Waals surface area contributed by atoms with Gasteiger partial charge < -0.3 is 9.30 Å². The van der Waals surface area contributed by atoms with E-state index in [1.807, 2.05) is 11.8 Å². The number of morpholine rings is 1. The second-order valence-electron chi connectivity index (χ2n) is 10.8. The molecule has 0 amide bonds. The van der Waals surface area contributed by atoms with Crippen molar-refractivity contribution in [3.63, 3.8) is 0 Å². The topological polar surface area (TPSA) is 69.6 Å². The van der Waals surface area contributed by atoms with Crippen LogP contribution >= 0.6 is 0 Å². The van der Waals surface area contributed by atoms with E-state index < -0.39 is 41.6 Å². The number of halogens is 5. The summed E-state index contributed by atoms with van der Waals surface area (Å²) in [5, 5.41) is 7.92. The summed E-state index contributed by atoms with van der Waals surface area (Å²) >= 11 is 0. The third-order valence-electron chi connectivity index (χ3n) is 7.80. The predicted octanol–water partition coefficient (Wildman–Crippen LogP) is 4.17. The molecule has 1 atom stereocenters. The molecular formula is C27H27F5N6O2. The van der Waals surface area contributed by atoms with Crippen molar-refractivity contribution in [3.05, 3.63) is 82.1 Å². The largest absolute Gasteiger partial charge is 0.418 e. The summed E-state index contributed by atoms with van der Waals surface area (Å²) in [5.74, 6) is -2.55. The Morgan fingerprint density at radius 3 is 2.58 bits per heavy atom. The molecule has 3 aromatic heterocycles. The van der Waals surface area contributed by atoms with Gasteiger partial charge in [0, 0.05) is 51.9 Å². The Morgan fingerprint density at radius 2 is 1.93 bits per heavy atom. The van der Waals surface area contributed by atoms with Crippen LogP contribution in [0.3, 0.4) is 0 Å². The molecule has 0 N–H and O–H groups in total. The minimum atomic E-state index is -4.70. The maximum atomic E-state index is 14.2.